The Morgan fingerprint density at radius 3 is 2.29 bits per heavy atom. The first-order valence-corrected chi connectivity index (χ1v) is 9.62. The van der Waals surface area contributed by atoms with Crippen LogP contribution in [-0.4, -0.2) is 16.1 Å². The minimum atomic E-state index is -4.41. The fourth-order valence-electron chi connectivity index (χ4n) is 3.31. The van der Waals surface area contributed by atoms with E-state index in [0.29, 0.717) is 28.3 Å². The highest BCUT2D eigenvalue weighted by molar-refractivity contribution is 5.76. The van der Waals surface area contributed by atoms with Gasteiger partial charge in [-0.15, -0.1) is 0 Å². The maximum absolute atomic E-state index is 12.8. The van der Waals surface area contributed by atoms with E-state index in [0.717, 1.165) is 17.7 Å². The van der Waals surface area contributed by atoms with E-state index in [1.807, 2.05) is 6.92 Å². The molecule has 3 aromatic rings. The lowest BCUT2D eigenvalue weighted by Gasteiger charge is -2.16. The van der Waals surface area contributed by atoms with Gasteiger partial charge in [-0.2, -0.15) is 13.2 Å². The van der Waals surface area contributed by atoms with Crippen LogP contribution in [0.1, 0.15) is 54.0 Å². The van der Waals surface area contributed by atoms with E-state index in [4.69, 9.17) is 9.15 Å². The van der Waals surface area contributed by atoms with Gasteiger partial charge in [-0.25, -0.2) is 4.98 Å². The molecule has 0 amide bonds. The number of carboxylic acids is 1. The van der Waals surface area contributed by atoms with E-state index in [9.17, 15) is 23.1 Å². The fraction of sp³-hybridized carbons (Fsp3) is 0.304. The second-order valence-electron chi connectivity index (χ2n) is 7.38. The van der Waals surface area contributed by atoms with Crippen molar-refractivity contribution in [2.24, 2.45) is 0 Å². The highest BCUT2D eigenvalue weighted by atomic mass is 19.4. The Morgan fingerprint density at radius 1 is 1.10 bits per heavy atom. The average molecular weight is 433 g/mol. The summed E-state index contributed by atoms with van der Waals surface area (Å²) in [5.74, 6) is -0.334. The van der Waals surface area contributed by atoms with Crippen molar-refractivity contribution in [1.82, 2.24) is 4.98 Å². The molecule has 0 radical (unpaired) electrons. The molecule has 0 spiro atoms. The topological polar surface area (TPSA) is 72.6 Å². The normalized spacial score (nSPS) is 13.6. The largest absolute Gasteiger partial charge is 0.483 e. The number of benzene rings is 2. The minimum absolute atomic E-state index is 0.207. The third kappa shape index (κ3) is 4.90. The lowest BCUT2D eigenvalue weighted by Crippen LogP contribution is -2.09. The molecule has 0 aliphatic carbocycles. The monoisotopic (exact) mass is 433 g/mol. The van der Waals surface area contributed by atoms with Crippen molar-refractivity contribution in [1.29, 1.82) is 0 Å². The molecule has 1 heterocycles. The van der Waals surface area contributed by atoms with Gasteiger partial charge < -0.3 is 14.3 Å². The number of rotatable bonds is 6. The molecular formula is C23H22F3NO4. The first-order chi connectivity index (χ1) is 14.5. The predicted octanol–water partition coefficient (Wildman–Crippen LogP) is 6.31. The summed E-state index contributed by atoms with van der Waals surface area (Å²) < 4.78 is 50.0. The lowest BCUT2D eigenvalue weighted by molar-refractivity contribution is -0.138. The molecule has 164 valence electrons. The molecule has 2 unspecified atom stereocenters. The summed E-state index contributed by atoms with van der Waals surface area (Å²) in [6.45, 7) is 6.94. The summed E-state index contributed by atoms with van der Waals surface area (Å²) in [4.78, 5) is 15.5. The molecular weight excluding hydrogens is 411 g/mol. The summed E-state index contributed by atoms with van der Waals surface area (Å²) >= 11 is 0. The van der Waals surface area contributed by atoms with Crippen molar-refractivity contribution in [3.8, 4) is 17.2 Å². The van der Waals surface area contributed by atoms with Crippen LogP contribution in [0.25, 0.3) is 11.5 Å². The quantitative estimate of drug-likeness (QED) is 0.494. The number of aryl methyl sites for hydroxylation is 2. The van der Waals surface area contributed by atoms with E-state index in [1.54, 1.807) is 39.0 Å². The molecule has 8 heteroatoms. The summed E-state index contributed by atoms with van der Waals surface area (Å²) in [6.07, 6.45) is -4.92. The molecule has 0 bridgehead atoms. The first-order valence-electron chi connectivity index (χ1n) is 9.62. The van der Waals surface area contributed by atoms with E-state index in [2.05, 4.69) is 4.98 Å². The predicted molar refractivity (Wildman–Crippen MR) is 108 cm³/mol. The molecule has 0 fully saturated rings. The number of aromatic nitrogens is 1. The zero-order valence-corrected chi connectivity index (χ0v) is 17.4. The standard InChI is InChI=1S/C23H22F3NO4/c1-12-11-18(9-10-19(12)13(2)22(28)29)30-15(4)20-14(3)27-21(31-20)16-5-7-17(8-6-16)23(24,25)26/h5-11,13,15H,1-4H3,(H,28,29). The number of carbonyl (C=O) groups is 1. The highest BCUT2D eigenvalue weighted by Gasteiger charge is 2.30. The molecule has 0 aliphatic rings. The summed E-state index contributed by atoms with van der Waals surface area (Å²) in [5, 5.41) is 9.20. The van der Waals surface area contributed by atoms with Crippen LogP contribution in [0.15, 0.2) is 46.9 Å². The van der Waals surface area contributed by atoms with Gasteiger partial charge in [-0.05, 0) is 75.2 Å². The van der Waals surface area contributed by atoms with Gasteiger partial charge in [0.2, 0.25) is 5.89 Å². The number of carboxylic acid groups (broad SMARTS) is 1. The van der Waals surface area contributed by atoms with Gasteiger partial charge in [0.05, 0.1) is 17.2 Å². The molecule has 5 nitrogen and oxygen atoms in total. The summed E-state index contributed by atoms with van der Waals surface area (Å²) in [7, 11) is 0. The van der Waals surface area contributed by atoms with Crippen molar-refractivity contribution < 1.29 is 32.2 Å². The van der Waals surface area contributed by atoms with Crippen molar-refractivity contribution in [3.63, 3.8) is 0 Å². The lowest BCUT2D eigenvalue weighted by atomic mass is 9.96. The number of aliphatic carboxylic acids is 1. The van der Waals surface area contributed by atoms with Gasteiger partial charge in [-0.1, -0.05) is 6.07 Å². The van der Waals surface area contributed by atoms with Crippen LogP contribution in [0.3, 0.4) is 0 Å². The van der Waals surface area contributed by atoms with Crippen LogP contribution in [-0.2, 0) is 11.0 Å². The van der Waals surface area contributed by atoms with E-state index in [-0.39, 0.29) is 5.89 Å². The first kappa shape index (κ1) is 22.4. The van der Waals surface area contributed by atoms with Gasteiger partial charge in [-0.3, -0.25) is 4.79 Å². The molecule has 0 saturated carbocycles. The second kappa shape index (κ2) is 8.45. The van der Waals surface area contributed by atoms with Crippen LogP contribution in [0.5, 0.6) is 5.75 Å². The van der Waals surface area contributed by atoms with Crippen LogP contribution in [0.2, 0.25) is 0 Å². The highest BCUT2D eigenvalue weighted by Crippen LogP contribution is 2.33. The summed E-state index contributed by atoms with van der Waals surface area (Å²) in [5.41, 5.74) is 1.74. The smallest absolute Gasteiger partial charge is 0.416 e. The number of oxazole rings is 1. The van der Waals surface area contributed by atoms with Gasteiger partial charge in [0.25, 0.3) is 0 Å². The molecule has 2 atom stereocenters. The second-order valence-corrected chi connectivity index (χ2v) is 7.38. The Morgan fingerprint density at radius 2 is 1.74 bits per heavy atom. The number of nitrogens with zero attached hydrogens (tertiary/aromatic N) is 1. The molecule has 3 rings (SSSR count). The van der Waals surface area contributed by atoms with Crippen LogP contribution < -0.4 is 4.74 Å². The van der Waals surface area contributed by atoms with E-state index < -0.39 is 29.7 Å². The zero-order chi connectivity index (χ0) is 22.9. The van der Waals surface area contributed by atoms with Crippen LogP contribution in [0.4, 0.5) is 13.2 Å². The Labute approximate surface area is 177 Å². The third-order valence-electron chi connectivity index (χ3n) is 5.05. The summed E-state index contributed by atoms with van der Waals surface area (Å²) in [6, 6.07) is 9.77. The minimum Gasteiger partial charge on any atom is -0.483 e. The maximum atomic E-state index is 12.8. The number of hydrogen-bond donors (Lipinski definition) is 1. The molecule has 1 N–H and O–H groups in total. The van der Waals surface area contributed by atoms with E-state index >= 15 is 0 Å². The molecule has 0 aliphatic heterocycles. The van der Waals surface area contributed by atoms with Crippen LogP contribution >= 0.6 is 0 Å². The van der Waals surface area contributed by atoms with Crippen molar-refractivity contribution in [2.45, 2.75) is 45.9 Å². The van der Waals surface area contributed by atoms with Crippen molar-refractivity contribution >= 4 is 5.97 Å². The van der Waals surface area contributed by atoms with Gasteiger partial charge in [0, 0.05) is 5.56 Å². The third-order valence-corrected chi connectivity index (χ3v) is 5.05. The van der Waals surface area contributed by atoms with Crippen LogP contribution in [0, 0.1) is 13.8 Å². The Bertz CT molecular complexity index is 1090. The Balaban J connectivity index is 1.79. The Hall–Kier alpha value is -3.29. The number of hydrogen-bond acceptors (Lipinski definition) is 4. The van der Waals surface area contributed by atoms with Gasteiger partial charge >= 0.3 is 12.1 Å². The number of ether oxygens (including phenoxy) is 1. The molecule has 0 saturated heterocycles. The fourth-order valence-corrected chi connectivity index (χ4v) is 3.31. The molecule has 1 aromatic heterocycles. The van der Waals surface area contributed by atoms with E-state index in [1.165, 1.54) is 12.1 Å². The average Bonchev–Trinajstić information content (AvgIpc) is 3.09. The number of halogens is 3. The molecule has 31 heavy (non-hydrogen) atoms. The zero-order valence-electron chi connectivity index (χ0n) is 17.4. The van der Waals surface area contributed by atoms with Gasteiger partial charge in [0.15, 0.2) is 11.9 Å². The maximum Gasteiger partial charge on any atom is 0.416 e. The van der Waals surface area contributed by atoms with Crippen molar-refractivity contribution in [2.75, 3.05) is 0 Å². The molecule has 2 aromatic carbocycles. The SMILES string of the molecule is Cc1cc(OC(C)c2oc(-c3ccc(C(F)(F)F)cc3)nc2C)ccc1C(C)C(=O)O. The van der Waals surface area contributed by atoms with Crippen molar-refractivity contribution in [3.05, 3.63) is 70.6 Å². The van der Waals surface area contributed by atoms with Gasteiger partial charge in [0.1, 0.15) is 5.75 Å². The Kier molecular flexibility index (Phi) is 6.10. The number of alkyl halides is 3.